The van der Waals surface area contributed by atoms with Gasteiger partial charge in [0, 0.05) is 31.2 Å². The van der Waals surface area contributed by atoms with Crippen LogP contribution in [0.15, 0.2) is 30.3 Å². The molecule has 0 aliphatic carbocycles. The molecule has 2 rings (SSSR count). The molecule has 1 saturated heterocycles. The SMILES string of the molecule is COC(=O)c1ccc(/C=C/C(=O)NCC(C)(C)N2CC(C)OC(C)C2)cc1. The van der Waals surface area contributed by atoms with Crippen molar-refractivity contribution in [3.63, 3.8) is 0 Å². The van der Waals surface area contributed by atoms with Crippen LogP contribution in [0.25, 0.3) is 6.08 Å². The van der Waals surface area contributed by atoms with Gasteiger partial charge in [0.15, 0.2) is 0 Å². The zero-order chi connectivity index (χ0) is 20.0. The number of morpholine rings is 1. The molecule has 1 aromatic rings. The van der Waals surface area contributed by atoms with E-state index in [1.165, 1.54) is 13.2 Å². The number of hydrogen-bond acceptors (Lipinski definition) is 5. The molecule has 2 atom stereocenters. The first kappa shape index (κ1) is 21.1. The molecule has 0 aromatic heterocycles. The molecule has 1 amide bonds. The third-order valence-electron chi connectivity index (χ3n) is 4.73. The summed E-state index contributed by atoms with van der Waals surface area (Å²) in [5.74, 6) is -0.522. The van der Waals surface area contributed by atoms with Gasteiger partial charge in [0.1, 0.15) is 0 Å². The van der Waals surface area contributed by atoms with Gasteiger partial charge in [-0.15, -0.1) is 0 Å². The van der Waals surface area contributed by atoms with Gasteiger partial charge in [-0.05, 0) is 51.5 Å². The van der Waals surface area contributed by atoms with E-state index in [2.05, 4.69) is 42.6 Å². The second kappa shape index (κ2) is 9.15. The van der Waals surface area contributed by atoms with Gasteiger partial charge in [-0.2, -0.15) is 0 Å². The number of ether oxygens (including phenoxy) is 2. The molecule has 1 aliphatic rings. The van der Waals surface area contributed by atoms with Crippen molar-refractivity contribution in [2.24, 2.45) is 0 Å². The molecule has 1 fully saturated rings. The van der Waals surface area contributed by atoms with Crippen molar-refractivity contribution >= 4 is 18.0 Å². The minimum Gasteiger partial charge on any atom is -0.465 e. The standard InChI is InChI=1S/C21H30N2O4/c1-15-12-23(13-16(2)27-15)21(3,4)14-22-19(24)11-8-17-6-9-18(10-7-17)20(25)26-5/h6-11,15-16H,12-14H2,1-5H3,(H,22,24)/b11-8+. The minimum atomic E-state index is -0.378. The monoisotopic (exact) mass is 374 g/mol. The highest BCUT2D eigenvalue weighted by atomic mass is 16.5. The van der Waals surface area contributed by atoms with Crippen LogP contribution in [0.3, 0.4) is 0 Å². The van der Waals surface area contributed by atoms with Crippen LogP contribution in [-0.4, -0.2) is 61.3 Å². The Bertz CT molecular complexity index is 672. The van der Waals surface area contributed by atoms with Crippen molar-refractivity contribution in [2.75, 3.05) is 26.7 Å². The molecule has 0 radical (unpaired) electrons. The Morgan fingerprint density at radius 1 is 1.22 bits per heavy atom. The van der Waals surface area contributed by atoms with Crippen LogP contribution in [0, 0.1) is 0 Å². The summed E-state index contributed by atoms with van der Waals surface area (Å²) >= 11 is 0. The Hall–Kier alpha value is -2.18. The Labute approximate surface area is 161 Å². The maximum absolute atomic E-state index is 12.2. The van der Waals surface area contributed by atoms with E-state index in [0.29, 0.717) is 12.1 Å². The van der Waals surface area contributed by atoms with Crippen molar-refractivity contribution in [2.45, 2.75) is 45.4 Å². The van der Waals surface area contributed by atoms with Crippen LogP contribution >= 0.6 is 0 Å². The van der Waals surface area contributed by atoms with Crippen molar-refractivity contribution in [3.8, 4) is 0 Å². The molecule has 1 aromatic carbocycles. The van der Waals surface area contributed by atoms with Gasteiger partial charge in [0.2, 0.25) is 5.91 Å². The largest absolute Gasteiger partial charge is 0.465 e. The van der Waals surface area contributed by atoms with E-state index in [0.717, 1.165) is 18.7 Å². The molecular formula is C21H30N2O4. The fourth-order valence-electron chi connectivity index (χ4n) is 3.17. The van der Waals surface area contributed by atoms with Crippen LogP contribution in [0.5, 0.6) is 0 Å². The topological polar surface area (TPSA) is 67.9 Å². The molecule has 1 heterocycles. The van der Waals surface area contributed by atoms with Gasteiger partial charge in [-0.25, -0.2) is 4.79 Å². The predicted molar refractivity (Wildman–Crippen MR) is 105 cm³/mol. The van der Waals surface area contributed by atoms with Crippen molar-refractivity contribution in [1.82, 2.24) is 10.2 Å². The third-order valence-corrected chi connectivity index (χ3v) is 4.73. The second-order valence-electron chi connectivity index (χ2n) is 7.64. The number of nitrogens with zero attached hydrogens (tertiary/aromatic N) is 1. The highest BCUT2D eigenvalue weighted by molar-refractivity contribution is 5.92. The number of hydrogen-bond donors (Lipinski definition) is 1. The minimum absolute atomic E-state index is 0.144. The number of carbonyl (C=O) groups excluding carboxylic acids is 2. The van der Waals surface area contributed by atoms with E-state index < -0.39 is 0 Å². The van der Waals surface area contributed by atoms with Crippen LogP contribution in [-0.2, 0) is 14.3 Å². The van der Waals surface area contributed by atoms with Crippen molar-refractivity contribution in [1.29, 1.82) is 0 Å². The lowest BCUT2D eigenvalue weighted by atomic mass is 10.00. The maximum atomic E-state index is 12.2. The van der Waals surface area contributed by atoms with Crippen LogP contribution < -0.4 is 5.32 Å². The smallest absolute Gasteiger partial charge is 0.337 e. The molecule has 148 valence electrons. The van der Waals surface area contributed by atoms with Gasteiger partial charge in [-0.1, -0.05) is 12.1 Å². The van der Waals surface area contributed by atoms with E-state index in [9.17, 15) is 9.59 Å². The summed E-state index contributed by atoms with van der Waals surface area (Å²) in [4.78, 5) is 26.0. The summed E-state index contributed by atoms with van der Waals surface area (Å²) in [5, 5.41) is 2.98. The number of carbonyl (C=O) groups is 2. The van der Waals surface area contributed by atoms with Crippen molar-refractivity contribution in [3.05, 3.63) is 41.5 Å². The zero-order valence-corrected chi connectivity index (χ0v) is 16.8. The molecule has 6 nitrogen and oxygen atoms in total. The van der Waals surface area contributed by atoms with E-state index in [4.69, 9.17) is 4.74 Å². The molecule has 1 N–H and O–H groups in total. The first-order valence-electron chi connectivity index (χ1n) is 9.26. The highest BCUT2D eigenvalue weighted by Crippen LogP contribution is 2.20. The maximum Gasteiger partial charge on any atom is 0.337 e. The molecular weight excluding hydrogens is 344 g/mol. The van der Waals surface area contributed by atoms with Gasteiger partial charge < -0.3 is 14.8 Å². The summed E-state index contributed by atoms with van der Waals surface area (Å²) in [7, 11) is 1.35. The van der Waals surface area contributed by atoms with E-state index in [1.54, 1.807) is 30.3 Å². The average Bonchev–Trinajstić information content (AvgIpc) is 2.63. The van der Waals surface area contributed by atoms with E-state index >= 15 is 0 Å². The fraction of sp³-hybridized carbons (Fsp3) is 0.524. The third kappa shape index (κ3) is 6.19. The molecule has 0 bridgehead atoms. The predicted octanol–water partition coefficient (Wildman–Crippen LogP) is 2.49. The number of nitrogens with one attached hydrogen (secondary N) is 1. The molecule has 2 unspecified atom stereocenters. The van der Waals surface area contributed by atoms with Gasteiger partial charge in [0.05, 0.1) is 24.9 Å². The fourth-order valence-corrected chi connectivity index (χ4v) is 3.17. The Morgan fingerprint density at radius 3 is 2.37 bits per heavy atom. The normalized spacial score (nSPS) is 21.2. The van der Waals surface area contributed by atoms with Crippen LogP contribution in [0.1, 0.15) is 43.6 Å². The average molecular weight is 374 g/mol. The quantitative estimate of drug-likeness (QED) is 0.612. The van der Waals surface area contributed by atoms with Crippen molar-refractivity contribution < 1.29 is 19.1 Å². The van der Waals surface area contributed by atoms with Gasteiger partial charge in [-0.3, -0.25) is 9.69 Å². The van der Waals surface area contributed by atoms with Gasteiger partial charge >= 0.3 is 5.97 Å². The lowest BCUT2D eigenvalue weighted by Crippen LogP contribution is -2.58. The molecule has 6 heteroatoms. The summed E-state index contributed by atoms with van der Waals surface area (Å²) in [6.45, 7) is 10.7. The number of rotatable bonds is 6. The molecule has 0 spiro atoms. The first-order valence-corrected chi connectivity index (χ1v) is 9.26. The summed E-state index contributed by atoms with van der Waals surface area (Å²) in [6.07, 6.45) is 3.61. The van der Waals surface area contributed by atoms with Crippen LogP contribution in [0.2, 0.25) is 0 Å². The molecule has 1 aliphatic heterocycles. The summed E-state index contributed by atoms with van der Waals surface area (Å²) < 4.78 is 10.5. The Kier molecular flexibility index (Phi) is 7.16. The number of benzene rings is 1. The number of methoxy groups -OCH3 is 1. The summed E-state index contributed by atoms with van der Waals surface area (Å²) in [5.41, 5.74) is 1.17. The van der Waals surface area contributed by atoms with E-state index in [-0.39, 0.29) is 29.6 Å². The number of esters is 1. The lowest BCUT2D eigenvalue weighted by Gasteiger charge is -2.45. The highest BCUT2D eigenvalue weighted by Gasteiger charge is 2.33. The Balaban J connectivity index is 1.87. The lowest BCUT2D eigenvalue weighted by molar-refractivity contribution is -0.118. The molecule has 27 heavy (non-hydrogen) atoms. The zero-order valence-electron chi connectivity index (χ0n) is 16.8. The van der Waals surface area contributed by atoms with Gasteiger partial charge in [0.25, 0.3) is 0 Å². The number of amides is 1. The summed E-state index contributed by atoms with van der Waals surface area (Å²) in [6, 6.07) is 6.90. The van der Waals surface area contributed by atoms with E-state index in [1.807, 2.05) is 0 Å². The Morgan fingerprint density at radius 2 is 1.81 bits per heavy atom. The second-order valence-corrected chi connectivity index (χ2v) is 7.64. The van der Waals surface area contributed by atoms with Crippen LogP contribution in [0.4, 0.5) is 0 Å². The first-order chi connectivity index (χ1) is 12.7. The molecule has 0 saturated carbocycles.